The second-order valence-electron chi connectivity index (χ2n) is 7.10. The highest BCUT2D eigenvalue weighted by molar-refractivity contribution is 6.06. The van der Waals surface area contributed by atoms with Crippen molar-refractivity contribution in [1.29, 1.82) is 0 Å². The SMILES string of the molecule is CCn1c(C(=O)O)nn(-c2ccc(C(=O)Nc3c(F)cccc3F)c(O[C@@H](C)C(F)(F)F)c2)c1=O. The Morgan fingerprint density at radius 3 is 2.31 bits per heavy atom. The van der Waals surface area contributed by atoms with Gasteiger partial charge in [-0.15, -0.1) is 5.10 Å². The van der Waals surface area contributed by atoms with Gasteiger partial charge in [-0.2, -0.15) is 17.9 Å². The van der Waals surface area contributed by atoms with Crippen LogP contribution in [0.25, 0.3) is 5.69 Å². The molecule has 0 unspecified atom stereocenters. The number of para-hydroxylation sites is 1. The quantitative estimate of drug-likeness (QED) is 0.479. The Balaban J connectivity index is 2.11. The summed E-state index contributed by atoms with van der Waals surface area (Å²) in [6.45, 7) is 2.07. The number of nitrogens with one attached hydrogen (secondary N) is 1. The van der Waals surface area contributed by atoms with Gasteiger partial charge in [-0.1, -0.05) is 6.07 Å². The summed E-state index contributed by atoms with van der Waals surface area (Å²) in [5, 5.41) is 14.9. The first-order chi connectivity index (χ1) is 16.3. The fourth-order valence-corrected chi connectivity index (χ4v) is 2.99. The largest absolute Gasteiger partial charge is 0.480 e. The van der Waals surface area contributed by atoms with Crippen LogP contribution in [0.5, 0.6) is 5.75 Å². The molecule has 186 valence electrons. The van der Waals surface area contributed by atoms with E-state index in [9.17, 15) is 41.4 Å². The molecule has 35 heavy (non-hydrogen) atoms. The lowest BCUT2D eigenvalue weighted by atomic mass is 10.1. The fraction of sp³-hybridized carbons (Fsp3) is 0.238. The lowest BCUT2D eigenvalue weighted by molar-refractivity contribution is -0.189. The van der Waals surface area contributed by atoms with Crippen molar-refractivity contribution in [1.82, 2.24) is 14.3 Å². The van der Waals surface area contributed by atoms with Crippen LogP contribution >= 0.6 is 0 Å². The van der Waals surface area contributed by atoms with E-state index in [0.717, 1.165) is 41.0 Å². The van der Waals surface area contributed by atoms with Crippen molar-refractivity contribution in [3.8, 4) is 11.4 Å². The van der Waals surface area contributed by atoms with Crippen molar-refractivity contribution >= 4 is 17.6 Å². The number of carboxylic acids is 1. The molecule has 9 nitrogen and oxygen atoms in total. The third-order valence-electron chi connectivity index (χ3n) is 4.79. The molecule has 1 heterocycles. The zero-order chi connectivity index (χ0) is 26.1. The molecule has 1 atom stereocenters. The predicted octanol–water partition coefficient (Wildman–Crippen LogP) is 3.61. The molecule has 3 aromatic rings. The summed E-state index contributed by atoms with van der Waals surface area (Å²) in [6.07, 6.45) is -7.27. The average Bonchev–Trinajstić information content (AvgIpc) is 3.12. The fourth-order valence-electron chi connectivity index (χ4n) is 2.99. The van der Waals surface area contributed by atoms with E-state index in [1.165, 1.54) is 6.92 Å². The number of alkyl halides is 3. The molecule has 0 saturated carbocycles. The highest BCUT2D eigenvalue weighted by Gasteiger charge is 2.39. The smallest absolute Gasteiger partial charge is 0.425 e. The van der Waals surface area contributed by atoms with Crippen molar-refractivity contribution in [2.24, 2.45) is 0 Å². The van der Waals surface area contributed by atoms with Gasteiger partial charge < -0.3 is 15.2 Å². The molecular formula is C21H17F5N4O5. The van der Waals surface area contributed by atoms with E-state index >= 15 is 0 Å². The van der Waals surface area contributed by atoms with Crippen LogP contribution in [-0.4, -0.2) is 43.6 Å². The van der Waals surface area contributed by atoms with Crippen molar-refractivity contribution in [2.45, 2.75) is 32.7 Å². The number of anilines is 1. The minimum Gasteiger partial charge on any atom is -0.480 e. The Kier molecular flexibility index (Phi) is 6.94. The number of amides is 1. The number of hydrogen-bond donors (Lipinski definition) is 2. The molecule has 0 fully saturated rings. The molecule has 0 spiro atoms. The van der Waals surface area contributed by atoms with Crippen LogP contribution in [0.1, 0.15) is 34.8 Å². The van der Waals surface area contributed by atoms with Gasteiger partial charge in [-0.05, 0) is 38.1 Å². The molecule has 0 saturated heterocycles. The number of nitrogens with zero attached hydrogens (tertiary/aromatic N) is 3. The molecule has 0 radical (unpaired) electrons. The summed E-state index contributed by atoms with van der Waals surface area (Å²) in [4.78, 5) is 36.7. The van der Waals surface area contributed by atoms with Gasteiger partial charge in [0, 0.05) is 12.6 Å². The topological polar surface area (TPSA) is 115 Å². The molecule has 2 aromatic carbocycles. The number of benzene rings is 2. The molecule has 0 bridgehead atoms. The normalized spacial score (nSPS) is 12.3. The minimum absolute atomic E-state index is 0.0658. The number of rotatable bonds is 7. The van der Waals surface area contributed by atoms with Gasteiger partial charge in [-0.25, -0.2) is 18.4 Å². The second-order valence-corrected chi connectivity index (χ2v) is 7.10. The second kappa shape index (κ2) is 9.56. The first-order valence-corrected chi connectivity index (χ1v) is 9.91. The predicted molar refractivity (Wildman–Crippen MR) is 111 cm³/mol. The van der Waals surface area contributed by atoms with Gasteiger partial charge in [0.2, 0.25) is 5.82 Å². The number of hydrogen-bond acceptors (Lipinski definition) is 5. The Labute approximate surface area is 193 Å². The van der Waals surface area contributed by atoms with E-state index in [0.29, 0.717) is 11.6 Å². The number of halogens is 5. The Hall–Kier alpha value is -4.23. The molecule has 0 aliphatic heterocycles. The highest BCUT2D eigenvalue weighted by atomic mass is 19.4. The Morgan fingerprint density at radius 2 is 1.80 bits per heavy atom. The van der Waals surface area contributed by atoms with E-state index in [-0.39, 0.29) is 12.2 Å². The zero-order valence-corrected chi connectivity index (χ0v) is 18.1. The summed E-state index contributed by atoms with van der Waals surface area (Å²) in [7, 11) is 0. The monoisotopic (exact) mass is 500 g/mol. The lowest BCUT2D eigenvalue weighted by Crippen LogP contribution is -2.32. The lowest BCUT2D eigenvalue weighted by Gasteiger charge is -2.20. The van der Waals surface area contributed by atoms with E-state index in [1.54, 1.807) is 0 Å². The maximum absolute atomic E-state index is 13.9. The summed E-state index contributed by atoms with van der Waals surface area (Å²) >= 11 is 0. The van der Waals surface area contributed by atoms with E-state index < -0.39 is 64.3 Å². The number of carbonyl (C=O) groups excluding carboxylic acids is 1. The maximum atomic E-state index is 13.9. The molecule has 3 rings (SSSR count). The first kappa shape index (κ1) is 25.4. The Bertz CT molecular complexity index is 1330. The van der Waals surface area contributed by atoms with Gasteiger partial charge >= 0.3 is 17.8 Å². The average molecular weight is 500 g/mol. The first-order valence-electron chi connectivity index (χ1n) is 9.91. The number of carbonyl (C=O) groups is 2. The van der Waals surface area contributed by atoms with Crippen LogP contribution in [0.15, 0.2) is 41.2 Å². The van der Waals surface area contributed by atoms with Crippen molar-refractivity contribution in [3.63, 3.8) is 0 Å². The number of aromatic carboxylic acids is 1. The van der Waals surface area contributed by atoms with Crippen molar-refractivity contribution < 1.29 is 41.4 Å². The third kappa shape index (κ3) is 5.15. The Morgan fingerprint density at radius 1 is 1.17 bits per heavy atom. The number of ether oxygens (including phenoxy) is 1. The summed E-state index contributed by atoms with van der Waals surface area (Å²) in [6, 6.07) is 5.66. The van der Waals surface area contributed by atoms with E-state index in [2.05, 4.69) is 5.10 Å². The minimum atomic E-state index is -4.85. The molecular weight excluding hydrogens is 483 g/mol. The van der Waals surface area contributed by atoms with Crippen LogP contribution < -0.4 is 15.7 Å². The summed E-state index contributed by atoms with van der Waals surface area (Å²) < 4.78 is 73.6. The van der Waals surface area contributed by atoms with Gasteiger partial charge in [0.25, 0.3) is 5.91 Å². The molecule has 2 N–H and O–H groups in total. The van der Waals surface area contributed by atoms with Gasteiger partial charge in [0.05, 0.1) is 11.3 Å². The molecule has 0 aliphatic rings. The van der Waals surface area contributed by atoms with E-state index in [1.807, 2.05) is 5.32 Å². The standard InChI is InChI=1S/C21H17F5N4O5/c1-3-29-17(19(32)33)28-30(20(29)34)11-7-8-12(15(9-11)35-10(2)21(24,25)26)18(31)27-16-13(22)5-4-6-14(16)23/h4-10H,3H2,1-2H3,(H,27,31)(H,32,33)/t10-/m0/s1. The number of aromatic nitrogens is 3. The third-order valence-corrected chi connectivity index (χ3v) is 4.79. The maximum Gasteiger partial charge on any atom is 0.425 e. The van der Waals surface area contributed by atoms with Gasteiger partial charge in [0.1, 0.15) is 23.1 Å². The van der Waals surface area contributed by atoms with Crippen LogP contribution in [0.2, 0.25) is 0 Å². The van der Waals surface area contributed by atoms with Gasteiger partial charge in [-0.3, -0.25) is 9.36 Å². The summed E-state index contributed by atoms with van der Waals surface area (Å²) in [5.74, 6) is -6.30. The van der Waals surface area contributed by atoms with Crippen LogP contribution in [0.3, 0.4) is 0 Å². The van der Waals surface area contributed by atoms with Crippen molar-refractivity contribution in [3.05, 3.63) is 69.9 Å². The van der Waals surface area contributed by atoms with Crippen LogP contribution in [0, 0.1) is 11.6 Å². The molecule has 1 amide bonds. The van der Waals surface area contributed by atoms with Crippen molar-refractivity contribution in [2.75, 3.05) is 5.32 Å². The summed E-state index contributed by atoms with van der Waals surface area (Å²) in [5.41, 5.74) is -2.51. The molecule has 0 aliphatic carbocycles. The molecule has 1 aromatic heterocycles. The van der Waals surface area contributed by atoms with E-state index in [4.69, 9.17) is 4.74 Å². The highest BCUT2D eigenvalue weighted by Crippen LogP contribution is 2.30. The van der Waals surface area contributed by atoms with Crippen LogP contribution in [-0.2, 0) is 6.54 Å². The molecule has 14 heteroatoms. The van der Waals surface area contributed by atoms with Gasteiger partial charge in [0.15, 0.2) is 6.10 Å². The van der Waals surface area contributed by atoms with Crippen LogP contribution in [0.4, 0.5) is 27.6 Å². The zero-order valence-electron chi connectivity index (χ0n) is 18.1. The number of carboxylic acid groups (broad SMARTS) is 1.